The number of ether oxygens (including phenoxy) is 2. The van der Waals surface area contributed by atoms with Crippen LogP contribution in [0.4, 0.5) is 0 Å². The second kappa shape index (κ2) is 7.48. The fraction of sp³-hybridized carbons (Fsp3) is 0.278. The molecule has 1 unspecified atom stereocenters. The molecule has 0 saturated heterocycles. The second-order valence-corrected chi connectivity index (χ2v) is 4.90. The Morgan fingerprint density at radius 3 is 2.33 bits per heavy atom. The Labute approximate surface area is 125 Å². The molecule has 21 heavy (non-hydrogen) atoms. The molecule has 0 saturated carbocycles. The van der Waals surface area contributed by atoms with Gasteiger partial charge in [0, 0.05) is 6.42 Å². The smallest absolute Gasteiger partial charge is 0.313 e. The third kappa shape index (κ3) is 4.35. The molecule has 0 heterocycles. The Bertz CT molecular complexity index is 561. The van der Waals surface area contributed by atoms with Crippen molar-refractivity contribution < 1.29 is 14.3 Å². The van der Waals surface area contributed by atoms with Crippen molar-refractivity contribution in [1.29, 1.82) is 0 Å². The molecule has 0 spiro atoms. The third-order valence-electron chi connectivity index (χ3n) is 3.45. The number of methoxy groups -OCH3 is 1. The lowest BCUT2D eigenvalue weighted by Gasteiger charge is -2.12. The van der Waals surface area contributed by atoms with Gasteiger partial charge < -0.3 is 9.47 Å². The zero-order valence-corrected chi connectivity index (χ0v) is 12.4. The summed E-state index contributed by atoms with van der Waals surface area (Å²) in [4.78, 5) is 12.0. The van der Waals surface area contributed by atoms with Gasteiger partial charge in [-0.2, -0.15) is 0 Å². The van der Waals surface area contributed by atoms with Gasteiger partial charge in [-0.15, -0.1) is 0 Å². The highest BCUT2D eigenvalue weighted by atomic mass is 16.5. The maximum absolute atomic E-state index is 12.0. The molecule has 0 fully saturated rings. The van der Waals surface area contributed by atoms with Crippen LogP contribution in [0.5, 0.6) is 5.75 Å². The van der Waals surface area contributed by atoms with Crippen LogP contribution >= 0.6 is 0 Å². The molecule has 2 aromatic carbocycles. The van der Waals surface area contributed by atoms with Gasteiger partial charge in [0.05, 0.1) is 19.6 Å². The van der Waals surface area contributed by atoms with E-state index in [9.17, 15) is 4.79 Å². The van der Waals surface area contributed by atoms with Crippen LogP contribution in [0.3, 0.4) is 0 Å². The van der Waals surface area contributed by atoms with Crippen LogP contribution < -0.4 is 4.74 Å². The van der Waals surface area contributed by atoms with E-state index in [0.29, 0.717) is 6.61 Å². The highest BCUT2D eigenvalue weighted by molar-refractivity contribution is 5.77. The summed E-state index contributed by atoms with van der Waals surface area (Å²) in [6.07, 6.45) is 0.738. The van der Waals surface area contributed by atoms with Crippen LogP contribution in [0.25, 0.3) is 0 Å². The highest BCUT2D eigenvalue weighted by Crippen LogP contribution is 2.20. The van der Waals surface area contributed by atoms with Gasteiger partial charge >= 0.3 is 5.97 Å². The first kappa shape index (κ1) is 15.1. The molecule has 0 aliphatic rings. The van der Waals surface area contributed by atoms with E-state index in [4.69, 9.17) is 9.47 Å². The van der Waals surface area contributed by atoms with Crippen molar-refractivity contribution in [2.24, 2.45) is 0 Å². The quantitative estimate of drug-likeness (QED) is 0.761. The molecule has 0 radical (unpaired) electrons. The molecule has 0 aliphatic carbocycles. The fourth-order valence-corrected chi connectivity index (χ4v) is 2.07. The lowest BCUT2D eigenvalue weighted by Crippen LogP contribution is -2.14. The van der Waals surface area contributed by atoms with Crippen molar-refractivity contribution in [3.63, 3.8) is 0 Å². The first-order valence-electron chi connectivity index (χ1n) is 7.05. The Morgan fingerprint density at radius 1 is 1.05 bits per heavy atom. The normalized spacial score (nSPS) is 11.7. The lowest BCUT2D eigenvalue weighted by molar-refractivity contribution is -0.144. The molecule has 2 rings (SSSR count). The van der Waals surface area contributed by atoms with Gasteiger partial charge in [0.2, 0.25) is 0 Å². The zero-order valence-electron chi connectivity index (χ0n) is 12.4. The number of benzene rings is 2. The number of hydrogen-bond acceptors (Lipinski definition) is 3. The molecule has 3 nitrogen and oxygen atoms in total. The number of carbonyl (C=O) groups is 1. The van der Waals surface area contributed by atoms with Crippen molar-refractivity contribution in [2.45, 2.75) is 19.3 Å². The monoisotopic (exact) mass is 284 g/mol. The molecule has 0 amide bonds. The molecule has 0 aliphatic heterocycles. The largest absolute Gasteiger partial charge is 0.497 e. The minimum Gasteiger partial charge on any atom is -0.497 e. The van der Waals surface area contributed by atoms with Crippen LogP contribution in [0.15, 0.2) is 54.6 Å². The van der Waals surface area contributed by atoms with Gasteiger partial charge in [-0.25, -0.2) is 0 Å². The Hall–Kier alpha value is -2.29. The summed E-state index contributed by atoms with van der Waals surface area (Å²) in [6.45, 7) is 2.26. The Kier molecular flexibility index (Phi) is 5.38. The summed E-state index contributed by atoms with van der Waals surface area (Å²) in [7, 11) is 1.62. The van der Waals surface area contributed by atoms with Crippen LogP contribution in [-0.2, 0) is 16.0 Å². The molecule has 1 atom stereocenters. The van der Waals surface area contributed by atoms with Crippen LogP contribution in [0.2, 0.25) is 0 Å². The van der Waals surface area contributed by atoms with Gasteiger partial charge in [0.25, 0.3) is 0 Å². The van der Waals surface area contributed by atoms with E-state index in [-0.39, 0.29) is 11.9 Å². The predicted molar refractivity (Wildman–Crippen MR) is 82.5 cm³/mol. The maximum atomic E-state index is 12.0. The second-order valence-electron chi connectivity index (χ2n) is 4.90. The molecule has 0 bridgehead atoms. The van der Waals surface area contributed by atoms with Crippen molar-refractivity contribution in [2.75, 3.05) is 13.7 Å². The van der Waals surface area contributed by atoms with E-state index in [1.165, 1.54) is 5.56 Å². The maximum Gasteiger partial charge on any atom is 0.313 e. The molecule has 3 heteroatoms. The third-order valence-corrected chi connectivity index (χ3v) is 3.45. The molecular weight excluding hydrogens is 264 g/mol. The van der Waals surface area contributed by atoms with Crippen molar-refractivity contribution >= 4 is 5.97 Å². The summed E-state index contributed by atoms with van der Waals surface area (Å²) in [5, 5.41) is 0. The number of esters is 1. The standard InChI is InChI=1S/C18H20O3/c1-14(16-8-10-17(20-2)11-9-16)18(19)21-13-12-15-6-4-3-5-7-15/h3-11,14H,12-13H2,1-2H3. The van der Waals surface area contributed by atoms with Gasteiger partial charge in [0.1, 0.15) is 5.75 Å². The molecule has 2 aromatic rings. The van der Waals surface area contributed by atoms with E-state index in [1.807, 2.05) is 61.5 Å². The fourth-order valence-electron chi connectivity index (χ4n) is 2.07. The van der Waals surface area contributed by atoms with Crippen LogP contribution in [0.1, 0.15) is 24.0 Å². The predicted octanol–water partition coefficient (Wildman–Crippen LogP) is 3.58. The van der Waals surface area contributed by atoms with E-state index < -0.39 is 0 Å². The average molecular weight is 284 g/mol. The summed E-state index contributed by atoms with van der Waals surface area (Å²) >= 11 is 0. The van der Waals surface area contributed by atoms with Crippen molar-refractivity contribution in [1.82, 2.24) is 0 Å². The van der Waals surface area contributed by atoms with Gasteiger partial charge in [-0.05, 0) is 30.2 Å². The molecule has 110 valence electrons. The summed E-state index contributed by atoms with van der Waals surface area (Å²) in [5.41, 5.74) is 2.10. The summed E-state index contributed by atoms with van der Waals surface area (Å²) in [5.74, 6) is 0.311. The van der Waals surface area contributed by atoms with Crippen LogP contribution in [0, 0.1) is 0 Å². The summed E-state index contributed by atoms with van der Waals surface area (Å²) in [6, 6.07) is 17.5. The first-order chi connectivity index (χ1) is 10.2. The molecular formula is C18H20O3. The Balaban J connectivity index is 1.84. The lowest BCUT2D eigenvalue weighted by atomic mass is 10.0. The van der Waals surface area contributed by atoms with E-state index in [2.05, 4.69) is 0 Å². The van der Waals surface area contributed by atoms with Crippen molar-refractivity contribution in [3.8, 4) is 5.75 Å². The van der Waals surface area contributed by atoms with E-state index in [0.717, 1.165) is 17.7 Å². The van der Waals surface area contributed by atoms with Gasteiger partial charge in [-0.1, -0.05) is 42.5 Å². The topological polar surface area (TPSA) is 35.5 Å². The zero-order chi connectivity index (χ0) is 15.1. The molecule has 0 N–H and O–H groups in total. The van der Waals surface area contributed by atoms with E-state index in [1.54, 1.807) is 7.11 Å². The average Bonchev–Trinajstić information content (AvgIpc) is 2.55. The Morgan fingerprint density at radius 2 is 1.71 bits per heavy atom. The first-order valence-corrected chi connectivity index (χ1v) is 7.05. The minimum absolute atomic E-state index is 0.198. The number of rotatable bonds is 6. The van der Waals surface area contributed by atoms with Gasteiger partial charge in [0.15, 0.2) is 0 Å². The number of hydrogen-bond donors (Lipinski definition) is 0. The SMILES string of the molecule is COc1ccc(C(C)C(=O)OCCc2ccccc2)cc1. The van der Waals surface area contributed by atoms with Crippen LogP contribution in [-0.4, -0.2) is 19.7 Å². The van der Waals surface area contributed by atoms with Gasteiger partial charge in [-0.3, -0.25) is 4.79 Å². The number of carbonyl (C=O) groups excluding carboxylic acids is 1. The van der Waals surface area contributed by atoms with E-state index >= 15 is 0 Å². The molecule has 0 aromatic heterocycles. The van der Waals surface area contributed by atoms with Crippen molar-refractivity contribution in [3.05, 3.63) is 65.7 Å². The minimum atomic E-state index is -0.272. The summed E-state index contributed by atoms with van der Waals surface area (Å²) < 4.78 is 10.5. The highest BCUT2D eigenvalue weighted by Gasteiger charge is 2.16.